The number of imidazole rings is 1. The first-order valence-corrected chi connectivity index (χ1v) is 10.1. The molecule has 5 rings (SSSR count). The molecule has 0 bridgehead atoms. The maximum Gasteiger partial charge on any atom is 0.338 e. The molecule has 0 saturated carbocycles. The van der Waals surface area contributed by atoms with E-state index in [0.29, 0.717) is 23.4 Å². The number of esters is 1. The van der Waals surface area contributed by atoms with Crippen molar-refractivity contribution in [2.45, 2.75) is 12.8 Å². The molecule has 0 spiro atoms. The number of amides is 1. The Morgan fingerprint density at radius 3 is 2.87 bits per heavy atom. The molecule has 1 amide bonds. The molecule has 0 aliphatic carbocycles. The normalized spacial score (nSPS) is 13.1. The van der Waals surface area contributed by atoms with E-state index >= 15 is 0 Å². The van der Waals surface area contributed by atoms with Crippen molar-refractivity contribution in [1.82, 2.24) is 15.0 Å². The Kier molecular flexibility index (Phi) is 4.92. The summed E-state index contributed by atoms with van der Waals surface area (Å²) in [6.07, 6.45) is 5.26. The van der Waals surface area contributed by atoms with E-state index < -0.39 is 5.97 Å². The lowest BCUT2D eigenvalue weighted by Crippen LogP contribution is -2.38. The van der Waals surface area contributed by atoms with Crippen molar-refractivity contribution in [3.63, 3.8) is 0 Å². The Balaban J connectivity index is 1.29. The number of ether oxygens (including phenoxy) is 1. The fourth-order valence-corrected chi connectivity index (χ4v) is 3.86. The van der Waals surface area contributed by atoms with E-state index in [-0.39, 0.29) is 12.5 Å². The SMILES string of the molecule is O=C(OCC(=O)N1CCCc2ccccc21)c1ccc2nc(-c3cccnc3)[nH]c2c1. The number of carbonyl (C=O) groups excluding carboxylic acids is 2. The number of para-hydroxylation sites is 1. The van der Waals surface area contributed by atoms with E-state index in [0.717, 1.165) is 35.2 Å². The lowest BCUT2D eigenvalue weighted by atomic mass is 10.0. The summed E-state index contributed by atoms with van der Waals surface area (Å²) in [6, 6.07) is 16.7. The van der Waals surface area contributed by atoms with Gasteiger partial charge in [-0.05, 0) is 54.8 Å². The van der Waals surface area contributed by atoms with Crippen LogP contribution in [0.3, 0.4) is 0 Å². The maximum atomic E-state index is 12.7. The van der Waals surface area contributed by atoms with Crippen LogP contribution in [0.5, 0.6) is 0 Å². The van der Waals surface area contributed by atoms with Crippen molar-refractivity contribution in [2.75, 3.05) is 18.1 Å². The molecule has 1 aliphatic rings. The van der Waals surface area contributed by atoms with Crippen molar-refractivity contribution in [3.8, 4) is 11.4 Å². The molecule has 0 atom stereocenters. The zero-order chi connectivity index (χ0) is 21.2. The third kappa shape index (κ3) is 3.77. The predicted octanol–water partition coefficient (Wildman–Crippen LogP) is 3.76. The number of carbonyl (C=O) groups is 2. The van der Waals surface area contributed by atoms with E-state index in [2.05, 4.69) is 15.0 Å². The molecule has 3 heterocycles. The molecule has 1 aliphatic heterocycles. The fraction of sp³-hybridized carbons (Fsp3) is 0.167. The van der Waals surface area contributed by atoms with Gasteiger partial charge >= 0.3 is 5.97 Å². The van der Waals surface area contributed by atoms with Crippen molar-refractivity contribution >= 4 is 28.6 Å². The largest absolute Gasteiger partial charge is 0.452 e. The molecule has 2 aromatic heterocycles. The number of aryl methyl sites for hydroxylation is 1. The van der Waals surface area contributed by atoms with Gasteiger partial charge in [0.15, 0.2) is 6.61 Å². The second-order valence-corrected chi connectivity index (χ2v) is 7.41. The number of aromatic nitrogens is 3. The van der Waals surface area contributed by atoms with Crippen LogP contribution in [0.4, 0.5) is 5.69 Å². The monoisotopic (exact) mass is 412 g/mol. The Hall–Kier alpha value is -4.00. The summed E-state index contributed by atoms with van der Waals surface area (Å²) in [6.45, 7) is 0.333. The van der Waals surface area contributed by atoms with Crippen molar-refractivity contribution in [3.05, 3.63) is 78.1 Å². The van der Waals surface area contributed by atoms with Gasteiger partial charge in [-0.15, -0.1) is 0 Å². The summed E-state index contributed by atoms with van der Waals surface area (Å²) in [5.74, 6) is -0.0902. The van der Waals surface area contributed by atoms with Gasteiger partial charge in [0.25, 0.3) is 5.91 Å². The van der Waals surface area contributed by atoms with Gasteiger partial charge in [0, 0.05) is 30.2 Å². The van der Waals surface area contributed by atoms with Gasteiger partial charge in [0.1, 0.15) is 5.82 Å². The third-order valence-corrected chi connectivity index (χ3v) is 5.39. The second kappa shape index (κ2) is 8.02. The van der Waals surface area contributed by atoms with Gasteiger partial charge in [0.05, 0.1) is 16.6 Å². The van der Waals surface area contributed by atoms with Crippen LogP contribution in [0.2, 0.25) is 0 Å². The number of anilines is 1. The molecule has 7 heteroatoms. The van der Waals surface area contributed by atoms with Gasteiger partial charge in [-0.25, -0.2) is 9.78 Å². The molecule has 0 saturated heterocycles. The summed E-state index contributed by atoms with van der Waals surface area (Å²) in [5, 5.41) is 0. The van der Waals surface area contributed by atoms with Crippen LogP contribution in [0.1, 0.15) is 22.3 Å². The highest BCUT2D eigenvalue weighted by molar-refractivity contribution is 5.99. The number of rotatable bonds is 4. The Morgan fingerprint density at radius 1 is 1.10 bits per heavy atom. The molecular formula is C24H20N4O3. The number of pyridine rings is 1. The summed E-state index contributed by atoms with van der Waals surface area (Å²) < 4.78 is 5.32. The minimum absolute atomic E-state index is 0.220. The smallest absolute Gasteiger partial charge is 0.338 e. The van der Waals surface area contributed by atoms with Gasteiger partial charge in [0.2, 0.25) is 0 Å². The average molecular weight is 412 g/mol. The number of nitrogens with one attached hydrogen (secondary N) is 1. The lowest BCUT2D eigenvalue weighted by Gasteiger charge is -2.29. The first kappa shape index (κ1) is 19.0. The summed E-state index contributed by atoms with van der Waals surface area (Å²) in [7, 11) is 0. The molecule has 4 aromatic rings. The number of aromatic amines is 1. The highest BCUT2D eigenvalue weighted by Gasteiger charge is 2.23. The number of benzene rings is 2. The highest BCUT2D eigenvalue weighted by Crippen LogP contribution is 2.27. The van der Waals surface area contributed by atoms with E-state index in [1.54, 1.807) is 35.5 Å². The molecule has 2 aromatic carbocycles. The molecule has 0 fully saturated rings. The number of hydrogen-bond acceptors (Lipinski definition) is 5. The van der Waals surface area contributed by atoms with Crippen LogP contribution in [-0.2, 0) is 16.0 Å². The topological polar surface area (TPSA) is 88.2 Å². The maximum absolute atomic E-state index is 12.7. The van der Waals surface area contributed by atoms with Crippen LogP contribution in [-0.4, -0.2) is 40.0 Å². The zero-order valence-corrected chi connectivity index (χ0v) is 16.7. The second-order valence-electron chi connectivity index (χ2n) is 7.41. The highest BCUT2D eigenvalue weighted by atomic mass is 16.5. The van der Waals surface area contributed by atoms with Gasteiger partial charge in [-0.1, -0.05) is 18.2 Å². The van der Waals surface area contributed by atoms with Crippen LogP contribution in [0.15, 0.2) is 67.0 Å². The molecule has 0 unspecified atom stereocenters. The third-order valence-electron chi connectivity index (χ3n) is 5.39. The summed E-state index contributed by atoms with van der Waals surface area (Å²) in [5.41, 5.74) is 4.70. The average Bonchev–Trinajstić information content (AvgIpc) is 3.26. The Labute approximate surface area is 178 Å². The van der Waals surface area contributed by atoms with Gasteiger partial charge in [-0.2, -0.15) is 0 Å². The molecule has 0 radical (unpaired) electrons. The van der Waals surface area contributed by atoms with Gasteiger partial charge < -0.3 is 14.6 Å². The molecule has 154 valence electrons. The first-order chi connectivity index (χ1) is 15.2. The molecule has 1 N–H and O–H groups in total. The lowest BCUT2D eigenvalue weighted by molar-refractivity contribution is -0.121. The summed E-state index contributed by atoms with van der Waals surface area (Å²) in [4.78, 5) is 38.8. The van der Waals surface area contributed by atoms with Crippen molar-refractivity contribution in [2.24, 2.45) is 0 Å². The van der Waals surface area contributed by atoms with E-state index in [9.17, 15) is 9.59 Å². The van der Waals surface area contributed by atoms with Crippen LogP contribution >= 0.6 is 0 Å². The Morgan fingerprint density at radius 2 is 2.00 bits per heavy atom. The summed E-state index contributed by atoms with van der Waals surface area (Å²) >= 11 is 0. The number of nitrogens with zero attached hydrogens (tertiary/aromatic N) is 3. The van der Waals surface area contributed by atoms with E-state index in [1.165, 1.54) is 0 Å². The number of hydrogen-bond donors (Lipinski definition) is 1. The number of H-pyrrole nitrogens is 1. The van der Waals surface area contributed by atoms with E-state index in [1.807, 2.05) is 36.4 Å². The fourth-order valence-electron chi connectivity index (χ4n) is 3.86. The van der Waals surface area contributed by atoms with Crippen LogP contribution in [0, 0.1) is 0 Å². The Bertz CT molecular complexity index is 1270. The zero-order valence-electron chi connectivity index (χ0n) is 16.7. The quantitative estimate of drug-likeness (QED) is 0.516. The first-order valence-electron chi connectivity index (χ1n) is 10.1. The van der Waals surface area contributed by atoms with Gasteiger partial charge in [-0.3, -0.25) is 9.78 Å². The van der Waals surface area contributed by atoms with Crippen LogP contribution < -0.4 is 4.90 Å². The number of fused-ring (bicyclic) bond motifs is 2. The van der Waals surface area contributed by atoms with Crippen molar-refractivity contribution < 1.29 is 14.3 Å². The molecular weight excluding hydrogens is 392 g/mol. The molecule has 31 heavy (non-hydrogen) atoms. The van der Waals surface area contributed by atoms with E-state index in [4.69, 9.17) is 4.74 Å². The molecule has 7 nitrogen and oxygen atoms in total. The minimum Gasteiger partial charge on any atom is -0.452 e. The van der Waals surface area contributed by atoms with Crippen LogP contribution in [0.25, 0.3) is 22.4 Å². The predicted molar refractivity (Wildman–Crippen MR) is 117 cm³/mol. The minimum atomic E-state index is -0.543. The van der Waals surface area contributed by atoms with Crippen molar-refractivity contribution in [1.29, 1.82) is 0 Å². The standard InChI is InChI=1S/C24H20N4O3/c29-22(28-12-4-7-16-5-1-2-8-21(16)28)15-31-24(30)17-9-10-19-20(13-17)27-23(26-19)18-6-3-11-25-14-18/h1-3,5-6,8-11,13-14H,4,7,12,15H2,(H,26,27).